The van der Waals surface area contributed by atoms with Crippen LogP contribution >= 0.6 is 11.6 Å². The summed E-state index contributed by atoms with van der Waals surface area (Å²) in [5.74, 6) is 0.343. The maximum atomic E-state index is 13.1. The highest BCUT2D eigenvalue weighted by molar-refractivity contribution is 7.87. The van der Waals surface area contributed by atoms with Crippen LogP contribution in [0.1, 0.15) is 57.4 Å². The Hall–Kier alpha value is -2.20. The van der Waals surface area contributed by atoms with E-state index >= 15 is 0 Å². The Balaban J connectivity index is 0.00000380. The second kappa shape index (κ2) is 11.0. The van der Waals surface area contributed by atoms with Crippen LogP contribution in [0.3, 0.4) is 0 Å². The molecule has 0 aliphatic carbocycles. The number of aryl methyl sites for hydroxylation is 1. The summed E-state index contributed by atoms with van der Waals surface area (Å²) in [6, 6.07) is 11.2. The zero-order valence-electron chi connectivity index (χ0n) is 21.2. The SMILES string of the molecule is C[C@@H]1CN(c2ncccc2C(=O)NS(=O)(=O)N2CC[C@@H](NCCCc3ccc(Cl)cc3)C2)C(C)(C)C1.[HH]. The predicted octanol–water partition coefficient (Wildman–Crippen LogP) is 3.88. The molecule has 2 aliphatic rings. The third-order valence-corrected chi connectivity index (χ3v) is 8.77. The molecule has 4 rings (SSSR count). The van der Waals surface area contributed by atoms with Crippen LogP contribution in [0.25, 0.3) is 0 Å². The Labute approximate surface area is 221 Å². The van der Waals surface area contributed by atoms with Gasteiger partial charge in [-0.25, -0.2) is 9.71 Å². The van der Waals surface area contributed by atoms with Crippen LogP contribution in [0, 0.1) is 5.92 Å². The smallest absolute Gasteiger partial charge is 0.304 e. The molecule has 2 N–H and O–H groups in total. The van der Waals surface area contributed by atoms with Gasteiger partial charge in [0.2, 0.25) is 0 Å². The lowest BCUT2D eigenvalue weighted by atomic mass is 9.97. The van der Waals surface area contributed by atoms with Crippen LogP contribution in [0.5, 0.6) is 0 Å². The van der Waals surface area contributed by atoms with Gasteiger partial charge in [-0.05, 0) is 81.8 Å². The van der Waals surface area contributed by atoms with Gasteiger partial charge in [0.15, 0.2) is 0 Å². The van der Waals surface area contributed by atoms with Crippen molar-refractivity contribution in [3.8, 4) is 0 Å². The normalized spacial score (nSPS) is 22.2. The highest BCUT2D eigenvalue weighted by Crippen LogP contribution is 2.37. The molecule has 8 nitrogen and oxygen atoms in total. The topological polar surface area (TPSA) is 94.6 Å². The summed E-state index contributed by atoms with van der Waals surface area (Å²) in [5, 5.41) is 4.18. The van der Waals surface area contributed by atoms with E-state index in [1.54, 1.807) is 18.3 Å². The molecule has 2 saturated heterocycles. The Bertz CT molecular complexity index is 1180. The minimum absolute atomic E-state index is 0. The Morgan fingerprint density at radius 2 is 1.97 bits per heavy atom. The first-order chi connectivity index (χ1) is 17.0. The maximum absolute atomic E-state index is 13.1. The number of amides is 1. The molecule has 1 aromatic carbocycles. The van der Waals surface area contributed by atoms with Gasteiger partial charge < -0.3 is 10.2 Å². The zero-order chi connectivity index (χ0) is 25.9. The average Bonchev–Trinajstić information content (AvgIpc) is 3.41. The first-order valence-corrected chi connectivity index (χ1v) is 14.4. The molecule has 36 heavy (non-hydrogen) atoms. The van der Waals surface area contributed by atoms with E-state index in [0.29, 0.717) is 31.2 Å². The van der Waals surface area contributed by atoms with Crippen molar-refractivity contribution in [2.75, 3.05) is 31.1 Å². The minimum Gasteiger partial charge on any atom is -0.351 e. The van der Waals surface area contributed by atoms with Gasteiger partial charge in [-0.3, -0.25) is 4.79 Å². The van der Waals surface area contributed by atoms with Crippen molar-refractivity contribution >= 4 is 33.5 Å². The summed E-state index contributed by atoms with van der Waals surface area (Å²) >= 11 is 5.93. The quantitative estimate of drug-likeness (QED) is 0.473. The highest BCUT2D eigenvalue weighted by atomic mass is 35.5. The molecule has 2 aromatic rings. The average molecular weight is 536 g/mol. The number of aromatic nitrogens is 1. The molecular formula is C26H38ClN5O3S. The van der Waals surface area contributed by atoms with E-state index in [2.05, 4.69) is 40.7 Å². The van der Waals surface area contributed by atoms with Crippen LogP contribution < -0.4 is 14.9 Å². The van der Waals surface area contributed by atoms with Crippen LogP contribution in [0.15, 0.2) is 42.6 Å². The maximum Gasteiger partial charge on any atom is 0.304 e. The number of halogens is 1. The predicted molar refractivity (Wildman–Crippen MR) is 146 cm³/mol. The molecule has 2 aliphatic heterocycles. The number of hydrogen-bond donors (Lipinski definition) is 2. The van der Waals surface area contributed by atoms with Gasteiger partial charge >= 0.3 is 10.2 Å². The third-order valence-electron chi connectivity index (χ3n) is 7.06. The monoisotopic (exact) mass is 535 g/mol. The van der Waals surface area contributed by atoms with Gasteiger partial charge in [0.1, 0.15) is 5.82 Å². The third kappa shape index (κ3) is 6.37. The second-order valence-corrected chi connectivity index (χ2v) is 12.7. The van der Waals surface area contributed by atoms with E-state index in [4.69, 9.17) is 11.6 Å². The van der Waals surface area contributed by atoms with Crippen LogP contribution in [-0.4, -0.2) is 61.4 Å². The first-order valence-electron chi connectivity index (χ1n) is 12.6. The van der Waals surface area contributed by atoms with Gasteiger partial charge in [-0.2, -0.15) is 12.7 Å². The number of anilines is 1. The number of carbonyl (C=O) groups excluding carboxylic acids is 1. The molecule has 2 atom stereocenters. The highest BCUT2D eigenvalue weighted by Gasteiger charge is 2.39. The number of rotatable bonds is 9. The van der Waals surface area contributed by atoms with Crippen molar-refractivity contribution in [3.63, 3.8) is 0 Å². The van der Waals surface area contributed by atoms with Gasteiger partial charge in [0.25, 0.3) is 5.91 Å². The largest absolute Gasteiger partial charge is 0.351 e. The van der Waals surface area contributed by atoms with Crippen molar-refractivity contribution < 1.29 is 14.6 Å². The molecule has 198 valence electrons. The van der Waals surface area contributed by atoms with Crippen molar-refractivity contribution in [2.45, 2.75) is 58.0 Å². The Kier molecular flexibility index (Phi) is 8.24. The minimum atomic E-state index is -3.96. The van der Waals surface area contributed by atoms with Crippen molar-refractivity contribution in [1.29, 1.82) is 0 Å². The summed E-state index contributed by atoms with van der Waals surface area (Å²) in [6.07, 6.45) is 5.19. The number of pyridine rings is 1. The molecule has 0 saturated carbocycles. The summed E-state index contributed by atoms with van der Waals surface area (Å²) in [6.45, 7) is 8.68. The van der Waals surface area contributed by atoms with Crippen LogP contribution in [0.4, 0.5) is 5.82 Å². The summed E-state index contributed by atoms with van der Waals surface area (Å²) < 4.78 is 29.7. The lowest BCUT2D eigenvalue weighted by Gasteiger charge is -2.33. The van der Waals surface area contributed by atoms with Gasteiger partial charge in [-0.1, -0.05) is 30.7 Å². The fourth-order valence-electron chi connectivity index (χ4n) is 5.35. The van der Waals surface area contributed by atoms with Crippen LogP contribution in [0.2, 0.25) is 5.02 Å². The molecule has 1 aromatic heterocycles. The van der Waals surface area contributed by atoms with E-state index in [0.717, 1.165) is 37.4 Å². The summed E-state index contributed by atoms with van der Waals surface area (Å²) in [5.41, 5.74) is 1.34. The zero-order valence-corrected chi connectivity index (χ0v) is 22.8. The fourth-order valence-corrected chi connectivity index (χ4v) is 6.67. The number of benzene rings is 1. The summed E-state index contributed by atoms with van der Waals surface area (Å²) in [4.78, 5) is 19.7. The van der Waals surface area contributed by atoms with E-state index in [1.807, 2.05) is 24.3 Å². The Morgan fingerprint density at radius 3 is 2.67 bits per heavy atom. The van der Waals surface area contributed by atoms with E-state index in [-0.39, 0.29) is 18.6 Å². The molecule has 1 amide bonds. The van der Waals surface area contributed by atoms with Crippen molar-refractivity contribution in [2.24, 2.45) is 5.92 Å². The van der Waals surface area contributed by atoms with Crippen LogP contribution in [-0.2, 0) is 16.6 Å². The molecule has 3 heterocycles. The number of nitrogens with one attached hydrogen (secondary N) is 2. The lowest BCUT2D eigenvalue weighted by Crippen LogP contribution is -2.45. The molecule has 0 unspecified atom stereocenters. The molecule has 10 heteroatoms. The lowest BCUT2D eigenvalue weighted by molar-refractivity contribution is 0.0979. The van der Waals surface area contributed by atoms with E-state index < -0.39 is 16.1 Å². The van der Waals surface area contributed by atoms with Crippen molar-refractivity contribution in [3.05, 3.63) is 58.7 Å². The molecule has 0 spiro atoms. The molecule has 0 bridgehead atoms. The van der Waals surface area contributed by atoms with Gasteiger partial charge in [0, 0.05) is 43.9 Å². The molecule has 0 radical (unpaired) electrons. The van der Waals surface area contributed by atoms with E-state index in [9.17, 15) is 13.2 Å². The van der Waals surface area contributed by atoms with Crippen molar-refractivity contribution in [1.82, 2.24) is 19.3 Å². The van der Waals surface area contributed by atoms with Gasteiger partial charge in [-0.15, -0.1) is 0 Å². The molecule has 2 fully saturated rings. The standard InChI is InChI=1S/C26H36ClN5O3S.H2/c1-19-16-26(2,3)32(17-19)24-23(7-5-14-29-24)25(33)30-36(34,35)31-15-12-22(18-31)28-13-4-6-20-8-10-21(27)11-9-20;/h5,7-11,14,19,22,28H,4,6,12-13,15-18H2,1-3H3,(H,30,33);1H/t19-,22+;/m0./s1. The summed E-state index contributed by atoms with van der Waals surface area (Å²) in [7, 11) is -3.96. The Morgan fingerprint density at radius 1 is 1.22 bits per heavy atom. The number of nitrogens with zero attached hydrogens (tertiary/aromatic N) is 3. The molecular weight excluding hydrogens is 498 g/mol. The second-order valence-electron chi connectivity index (χ2n) is 10.6. The fraction of sp³-hybridized carbons (Fsp3) is 0.538. The number of carbonyl (C=O) groups is 1. The number of hydrogen-bond acceptors (Lipinski definition) is 6. The van der Waals surface area contributed by atoms with Gasteiger partial charge in [0.05, 0.1) is 5.56 Å². The van der Waals surface area contributed by atoms with E-state index in [1.165, 1.54) is 9.87 Å². The first kappa shape index (κ1) is 26.9.